The summed E-state index contributed by atoms with van der Waals surface area (Å²) in [6.45, 7) is 2.06. The highest BCUT2D eigenvalue weighted by molar-refractivity contribution is 7.98. The number of amides is 1. The van der Waals surface area contributed by atoms with Gasteiger partial charge in [0.05, 0.1) is 13.3 Å². The summed E-state index contributed by atoms with van der Waals surface area (Å²) in [5.41, 5.74) is 1.42. The first-order valence-corrected chi connectivity index (χ1v) is 10.5. The maximum absolute atomic E-state index is 12.6. The first-order valence-electron chi connectivity index (χ1n) is 9.54. The van der Waals surface area contributed by atoms with E-state index in [9.17, 15) is 9.59 Å². The number of carbonyl (C=O) groups excluding carboxylic acids is 1. The molecular formula is C20H26N4O3S. The third-order valence-electron chi connectivity index (χ3n) is 4.81. The molecule has 0 bridgehead atoms. The SMILES string of the molecule is COc1cn(CC(=O)NC2CCCCC2)c(CSc2nccc(C)n2)cc1=O. The number of hydrogen-bond donors (Lipinski definition) is 1. The van der Waals surface area contributed by atoms with Gasteiger partial charge in [0.2, 0.25) is 11.3 Å². The number of rotatable bonds is 7. The highest BCUT2D eigenvalue weighted by Crippen LogP contribution is 2.20. The summed E-state index contributed by atoms with van der Waals surface area (Å²) in [4.78, 5) is 33.4. The van der Waals surface area contributed by atoms with Gasteiger partial charge in [-0.15, -0.1) is 0 Å². The van der Waals surface area contributed by atoms with Crippen molar-refractivity contribution < 1.29 is 9.53 Å². The molecule has 2 aromatic heterocycles. The van der Waals surface area contributed by atoms with E-state index in [-0.39, 0.29) is 29.7 Å². The summed E-state index contributed by atoms with van der Waals surface area (Å²) in [5, 5.41) is 3.76. The Morgan fingerprint density at radius 1 is 1.36 bits per heavy atom. The average Bonchev–Trinajstić information content (AvgIpc) is 2.68. The number of carbonyl (C=O) groups is 1. The molecule has 8 heteroatoms. The molecule has 0 aromatic carbocycles. The molecule has 2 heterocycles. The van der Waals surface area contributed by atoms with Crippen LogP contribution in [-0.4, -0.2) is 33.6 Å². The molecule has 1 N–H and O–H groups in total. The smallest absolute Gasteiger partial charge is 0.240 e. The standard InChI is InChI=1S/C20H26N4O3S/c1-14-8-9-21-20(22-14)28-13-16-10-17(25)18(27-2)11-24(16)12-19(26)23-15-6-4-3-5-7-15/h8-11,15H,3-7,12-13H2,1-2H3,(H,23,26). The zero-order chi connectivity index (χ0) is 19.9. The molecule has 7 nitrogen and oxygen atoms in total. The number of hydrogen-bond acceptors (Lipinski definition) is 6. The average molecular weight is 403 g/mol. The largest absolute Gasteiger partial charge is 0.491 e. The molecule has 0 radical (unpaired) electrons. The molecule has 3 rings (SSSR count). The molecule has 1 saturated carbocycles. The molecule has 1 aliphatic carbocycles. The van der Waals surface area contributed by atoms with Crippen LogP contribution in [0.3, 0.4) is 0 Å². The van der Waals surface area contributed by atoms with E-state index in [2.05, 4.69) is 15.3 Å². The summed E-state index contributed by atoms with van der Waals surface area (Å²) < 4.78 is 6.93. The van der Waals surface area contributed by atoms with Crippen LogP contribution in [0.1, 0.15) is 43.5 Å². The highest BCUT2D eigenvalue weighted by Gasteiger charge is 2.17. The number of nitrogens with zero attached hydrogens (tertiary/aromatic N) is 3. The maximum Gasteiger partial charge on any atom is 0.240 e. The summed E-state index contributed by atoms with van der Waals surface area (Å²) in [7, 11) is 1.46. The van der Waals surface area contributed by atoms with E-state index in [1.54, 1.807) is 17.0 Å². The van der Waals surface area contributed by atoms with E-state index in [1.807, 2.05) is 13.0 Å². The third-order valence-corrected chi connectivity index (χ3v) is 5.70. The van der Waals surface area contributed by atoms with E-state index in [0.29, 0.717) is 10.9 Å². The van der Waals surface area contributed by atoms with Crippen LogP contribution >= 0.6 is 11.8 Å². The second kappa shape index (κ2) is 9.73. The number of aryl methyl sites for hydroxylation is 1. The molecule has 0 spiro atoms. The van der Waals surface area contributed by atoms with Crippen LogP contribution in [0, 0.1) is 6.92 Å². The quantitative estimate of drug-likeness (QED) is 0.566. The molecule has 1 fully saturated rings. The van der Waals surface area contributed by atoms with Gasteiger partial charge in [0.1, 0.15) is 6.54 Å². The number of ether oxygens (including phenoxy) is 1. The fourth-order valence-electron chi connectivity index (χ4n) is 3.33. The van der Waals surface area contributed by atoms with Crippen molar-refractivity contribution in [3.05, 3.63) is 46.1 Å². The normalized spacial score (nSPS) is 14.6. The summed E-state index contributed by atoms with van der Waals surface area (Å²) >= 11 is 1.43. The van der Waals surface area contributed by atoms with Gasteiger partial charge in [-0.3, -0.25) is 9.59 Å². The minimum atomic E-state index is -0.202. The van der Waals surface area contributed by atoms with E-state index < -0.39 is 0 Å². The molecule has 2 aromatic rings. The van der Waals surface area contributed by atoms with Gasteiger partial charge in [0.25, 0.3) is 0 Å². The van der Waals surface area contributed by atoms with Gasteiger partial charge in [0.15, 0.2) is 10.9 Å². The van der Waals surface area contributed by atoms with Crippen molar-refractivity contribution in [3.8, 4) is 5.75 Å². The number of pyridine rings is 1. The van der Waals surface area contributed by atoms with Gasteiger partial charge >= 0.3 is 0 Å². The Hall–Kier alpha value is -2.35. The lowest BCUT2D eigenvalue weighted by Crippen LogP contribution is -2.38. The van der Waals surface area contributed by atoms with Crippen LogP contribution in [0.25, 0.3) is 0 Å². The monoisotopic (exact) mass is 402 g/mol. The second-order valence-corrected chi connectivity index (χ2v) is 7.94. The predicted octanol–water partition coefficient (Wildman–Crippen LogP) is 2.70. The van der Waals surface area contributed by atoms with Crippen molar-refractivity contribution in [3.63, 3.8) is 0 Å². The fraction of sp³-hybridized carbons (Fsp3) is 0.500. The number of methoxy groups -OCH3 is 1. The van der Waals surface area contributed by atoms with Gasteiger partial charge in [-0.2, -0.15) is 0 Å². The fourth-order valence-corrected chi connectivity index (χ4v) is 4.20. The van der Waals surface area contributed by atoms with Crippen LogP contribution in [0.15, 0.2) is 34.5 Å². The van der Waals surface area contributed by atoms with Crippen molar-refractivity contribution in [2.24, 2.45) is 0 Å². The van der Waals surface area contributed by atoms with Gasteiger partial charge in [-0.05, 0) is 25.8 Å². The van der Waals surface area contributed by atoms with Crippen molar-refractivity contribution in [2.45, 2.75) is 62.5 Å². The Labute approximate surface area is 168 Å². The Morgan fingerprint density at radius 3 is 2.86 bits per heavy atom. The Balaban J connectivity index is 1.73. The minimum Gasteiger partial charge on any atom is -0.491 e. The molecule has 1 aliphatic rings. The van der Waals surface area contributed by atoms with E-state index in [4.69, 9.17) is 4.74 Å². The summed E-state index contributed by atoms with van der Waals surface area (Å²) in [5.74, 6) is 0.668. The topological polar surface area (TPSA) is 86.1 Å². The van der Waals surface area contributed by atoms with Gasteiger partial charge in [-0.1, -0.05) is 31.0 Å². The van der Waals surface area contributed by atoms with Crippen LogP contribution in [-0.2, 0) is 17.1 Å². The molecule has 0 aliphatic heterocycles. The Bertz CT molecular complexity index is 878. The molecular weight excluding hydrogens is 376 g/mol. The molecule has 0 unspecified atom stereocenters. The van der Waals surface area contributed by atoms with E-state index >= 15 is 0 Å². The van der Waals surface area contributed by atoms with Crippen molar-refractivity contribution in [1.82, 2.24) is 19.9 Å². The molecule has 1 amide bonds. The Kier molecular flexibility index (Phi) is 7.08. The maximum atomic E-state index is 12.6. The van der Waals surface area contributed by atoms with E-state index in [1.165, 1.54) is 31.4 Å². The highest BCUT2D eigenvalue weighted by atomic mass is 32.2. The van der Waals surface area contributed by atoms with Gasteiger partial charge in [-0.25, -0.2) is 9.97 Å². The lowest BCUT2D eigenvalue weighted by Gasteiger charge is -2.23. The molecule has 28 heavy (non-hydrogen) atoms. The zero-order valence-electron chi connectivity index (χ0n) is 16.3. The summed E-state index contributed by atoms with van der Waals surface area (Å²) in [6, 6.07) is 3.61. The van der Waals surface area contributed by atoms with Crippen molar-refractivity contribution in [2.75, 3.05) is 7.11 Å². The zero-order valence-corrected chi connectivity index (χ0v) is 17.1. The first-order chi connectivity index (χ1) is 13.5. The first kappa shape index (κ1) is 20.4. The third kappa shape index (κ3) is 5.58. The van der Waals surface area contributed by atoms with Crippen molar-refractivity contribution >= 4 is 17.7 Å². The van der Waals surface area contributed by atoms with Gasteiger partial charge < -0.3 is 14.6 Å². The number of aromatic nitrogens is 3. The van der Waals surface area contributed by atoms with Gasteiger partial charge in [0, 0.05) is 35.4 Å². The van der Waals surface area contributed by atoms with Crippen LogP contribution in [0.2, 0.25) is 0 Å². The number of thioether (sulfide) groups is 1. The van der Waals surface area contributed by atoms with E-state index in [0.717, 1.165) is 37.1 Å². The summed E-state index contributed by atoms with van der Waals surface area (Å²) in [6.07, 6.45) is 8.95. The van der Waals surface area contributed by atoms with Crippen LogP contribution in [0.5, 0.6) is 5.75 Å². The molecule has 0 atom stereocenters. The lowest BCUT2D eigenvalue weighted by molar-refractivity contribution is -0.122. The molecule has 0 saturated heterocycles. The van der Waals surface area contributed by atoms with Crippen LogP contribution in [0.4, 0.5) is 0 Å². The number of nitrogens with one attached hydrogen (secondary N) is 1. The van der Waals surface area contributed by atoms with Crippen molar-refractivity contribution in [1.29, 1.82) is 0 Å². The van der Waals surface area contributed by atoms with Crippen LogP contribution < -0.4 is 15.5 Å². The lowest BCUT2D eigenvalue weighted by atomic mass is 9.95. The Morgan fingerprint density at radius 2 is 2.14 bits per heavy atom. The minimum absolute atomic E-state index is 0.0457. The second-order valence-electron chi connectivity index (χ2n) is 7.00. The molecule has 150 valence electrons. The predicted molar refractivity (Wildman–Crippen MR) is 109 cm³/mol.